The first-order valence-electron chi connectivity index (χ1n) is 17.4. The van der Waals surface area contributed by atoms with Crippen molar-refractivity contribution in [2.24, 2.45) is 0 Å². The Morgan fingerprint density at radius 2 is 0.981 bits per heavy atom. The minimum Gasteiger partial charge on any atom is -0.455 e. The van der Waals surface area contributed by atoms with Crippen LogP contribution in [0.1, 0.15) is 25.1 Å². The average Bonchev–Trinajstić information content (AvgIpc) is 3.71. The summed E-state index contributed by atoms with van der Waals surface area (Å²) in [4.78, 5) is 25.7. The number of rotatable bonds is 5. The van der Waals surface area contributed by atoms with E-state index in [0.29, 0.717) is 23.3 Å². The molecule has 3 aromatic heterocycles. The molecule has 9 aromatic rings. The molecule has 52 heavy (non-hydrogen) atoms. The van der Waals surface area contributed by atoms with Gasteiger partial charge in [-0.1, -0.05) is 153 Å². The average molecular weight is 670 g/mol. The first-order valence-corrected chi connectivity index (χ1v) is 17.4. The maximum Gasteiger partial charge on any atom is 0.164 e. The predicted molar refractivity (Wildman–Crippen MR) is 207 cm³/mol. The highest BCUT2D eigenvalue weighted by molar-refractivity contribution is 6.14. The van der Waals surface area contributed by atoms with Crippen LogP contribution in [0.15, 0.2) is 156 Å². The number of benzene rings is 6. The van der Waals surface area contributed by atoms with E-state index in [1.54, 1.807) is 0 Å². The van der Waals surface area contributed by atoms with Gasteiger partial charge in [0.15, 0.2) is 23.3 Å². The number of hydrogen-bond acceptors (Lipinski definition) is 6. The molecule has 0 aliphatic heterocycles. The third-order valence-electron chi connectivity index (χ3n) is 10.1. The summed E-state index contributed by atoms with van der Waals surface area (Å²) >= 11 is 0. The highest BCUT2D eigenvalue weighted by Gasteiger charge is 2.39. The Balaban J connectivity index is 1.20. The molecule has 1 aliphatic rings. The summed E-state index contributed by atoms with van der Waals surface area (Å²) < 4.78 is 6.76. The van der Waals surface area contributed by atoms with Crippen molar-refractivity contribution in [3.05, 3.63) is 163 Å². The van der Waals surface area contributed by atoms with Crippen molar-refractivity contribution in [2.45, 2.75) is 19.3 Å². The van der Waals surface area contributed by atoms with E-state index in [2.05, 4.69) is 86.6 Å². The van der Waals surface area contributed by atoms with Gasteiger partial charge in [-0.15, -0.1) is 0 Å². The van der Waals surface area contributed by atoms with E-state index in [1.807, 2.05) is 78.9 Å². The van der Waals surface area contributed by atoms with E-state index in [0.717, 1.165) is 66.7 Å². The summed E-state index contributed by atoms with van der Waals surface area (Å²) in [6.45, 7) is 4.50. The van der Waals surface area contributed by atoms with Crippen LogP contribution in [0.3, 0.4) is 0 Å². The maximum absolute atomic E-state index is 6.76. The number of aromatic nitrogens is 5. The molecule has 0 saturated heterocycles. The molecule has 0 unspecified atom stereocenters. The zero-order valence-corrected chi connectivity index (χ0v) is 28.6. The fourth-order valence-electron chi connectivity index (χ4n) is 7.61. The normalized spacial score (nSPS) is 13.0. The van der Waals surface area contributed by atoms with Gasteiger partial charge in [-0.3, -0.25) is 0 Å². The number of nitrogens with zero attached hydrogens (tertiary/aromatic N) is 5. The van der Waals surface area contributed by atoms with Crippen LogP contribution < -0.4 is 0 Å². The Bertz CT molecular complexity index is 2750. The van der Waals surface area contributed by atoms with Crippen molar-refractivity contribution in [1.82, 2.24) is 24.9 Å². The number of hydrogen-bond donors (Lipinski definition) is 0. The van der Waals surface area contributed by atoms with Crippen LogP contribution in [0, 0.1) is 0 Å². The standard InChI is InChI=1S/C46H31N5O/c1-46(2)35-26-13-12-22-31(35)38-39(28-16-6-3-7-17-28)47-45(48-41(38)46)34-25-14-23-32-37-33(24-15-27-36(37)52-40(32)34)44-50-42(29-18-8-4-9-19-29)49-43(51-44)30-20-10-5-11-21-30/h3-27H,1-2H3. The van der Waals surface area contributed by atoms with Gasteiger partial charge in [-0.05, 0) is 23.3 Å². The van der Waals surface area contributed by atoms with Crippen LogP contribution >= 0.6 is 0 Å². The molecule has 0 bridgehead atoms. The summed E-state index contributed by atoms with van der Waals surface area (Å²) in [5.41, 5.74) is 11.2. The van der Waals surface area contributed by atoms with E-state index in [9.17, 15) is 0 Å². The minimum absolute atomic E-state index is 0.312. The van der Waals surface area contributed by atoms with Gasteiger partial charge in [0.25, 0.3) is 0 Å². The number of fused-ring (bicyclic) bond motifs is 6. The Morgan fingerprint density at radius 3 is 1.67 bits per heavy atom. The largest absolute Gasteiger partial charge is 0.455 e. The third kappa shape index (κ3) is 4.68. The van der Waals surface area contributed by atoms with E-state index >= 15 is 0 Å². The Morgan fingerprint density at radius 1 is 0.442 bits per heavy atom. The maximum atomic E-state index is 6.76. The van der Waals surface area contributed by atoms with Crippen LogP contribution in [0.25, 0.3) is 89.9 Å². The zero-order chi connectivity index (χ0) is 34.8. The van der Waals surface area contributed by atoms with Crippen molar-refractivity contribution < 1.29 is 4.42 Å². The summed E-state index contributed by atoms with van der Waals surface area (Å²) in [6.07, 6.45) is 0. The summed E-state index contributed by atoms with van der Waals surface area (Å²) in [5.74, 6) is 2.42. The van der Waals surface area contributed by atoms with Gasteiger partial charge in [0.2, 0.25) is 0 Å². The van der Waals surface area contributed by atoms with Gasteiger partial charge in [0, 0.05) is 44.0 Å². The molecule has 0 atom stereocenters. The Kier molecular flexibility index (Phi) is 6.73. The highest BCUT2D eigenvalue weighted by Crippen LogP contribution is 2.51. The molecule has 6 aromatic carbocycles. The third-order valence-corrected chi connectivity index (χ3v) is 10.1. The van der Waals surface area contributed by atoms with Gasteiger partial charge >= 0.3 is 0 Å². The van der Waals surface area contributed by atoms with Crippen LogP contribution in [0.2, 0.25) is 0 Å². The highest BCUT2D eigenvalue weighted by atomic mass is 16.3. The van der Waals surface area contributed by atoms with Crippen molar-refractivity contribution in [1.29, 1.82) is 0 Å². The van der Waals surface area contributed by atoms with Crippen LogP contribution in [-0.4, -0.2) is 24.9 Å². The molecule has 6 nitrogen and oxygen atoms in total. The van der Waals surface area contributed by atoms with Crippen LogP contribution in [0.4, 0.5) is 0 Å². The quantitative estimate of drug-likeness (QED) is 0.181. The number of para-hydroxylation sites is 1. The molecule has 246 valence electrons. The minimum atomic E-state index is -0.312. The lowest BCUT2D eigenvalue weighted by Crippen LogP contribution is -2.17. The zero-order valence-electron chi connectivity index (χ0n) is 28.6. The second-order valence-electron chi connectivity index (χ2n) is 13.7. The molecule has 0 spiro atoms. The Labute approximate surface area is 300 Å². The van der Waals surface area contributed by atoms with Crippen molar-refractivity contribution in [3.63, 3.8) is 0 Å². The lowest BCUT2D eigenvalue weighted by molar-refractivity contribution is 0.635. The molecule has 10 rings (SSSR count). The lowest BCUT2D eigenvalue weighted by Gasteiger charge is -2.21. The summed E-state index contributed by atoms with van der Waals surface area (Å²) in [6, 6.07) is 51.3. The first-order chi connectivity index (χ1) is 25.5. The monoisotopic (exact) mass is 669 g/mol. The number of furan rings is 1. The smallest absolute Gasteiger partial charge is 0.164 e. The fraction of sp³-hybridized carbons (Fsp3) is 0.0652. The van der Waals surface area contributed by atoms with E-state index in [-0.39, 0.29) is 5.41 Å². The second kappa shape index (κ2) is 11.6. The van der Waals surface area contributed by atoms with Gasteiger partial charge in [-0.25, -0.2) is 24.9 Å². The van der Waals surface area contributed by atoms with Crippen molar-refractivity contribution in [2.75, 3.05) is 0 Å². The van der Waals surface area contributed by atoms with Crippen LogP contribution in [0.5, 0.6) is 0 Å². The van der Waals surface area contributed by atoms with Crippen LogP contribution in [-0.2, 0) is 5.41 Å². The van der Waals surface area contributed by atoms with Gasteiger partial charge < -0.3 is 4.42 Å². The van der Waals surface area contributed by atoms with E-state index in [1.165, 1.54) is 11.1 Å². The second-order valence-corrected chi connectivity index (χ2v) is 13.7. The molecule has 0 radical (unpaired) electrons. The lowest BCUT2D eigenvalue weighted by atomic mass is 9.85. The molecular formula is C46H31N5O. The molecule has 0 amide bonds. The molecule has 0 saturated carbocycles. The molecule has 0 N–H and O–H groups in total. The summed E-state index contributed by atoms with van der Waals surface area (Å²) in [5, 5.41) is 1.87. The molecule has 1 aliphatic carbocycles. The molecule has 3 heterocycles. The topological polar surface area (TPSA) is 77.6 Å². The molecular weight excluding hydrogens is 639 g/mol. The van der Waals surface area contributed by atoms with Crippen molar-refractivity contribution in [3.8, 4) is 67.9 Å². The van der Waals surface area contributed by atoms with Gasteiger partial charge in [-0.2, -0.15) is 0 Å². The van der Waals surface area contributed by atoms with E-state index < -0.39 is 0 Å². The Hall–Kier alpha value is -6.79. The van der Waals surface area contributed by atoms with Gasteiger partial charge in [0.1, 0.15) is 11.2 Å². The molecule has 0 fully saturated rings. The fourth-order valence-corrected chi connectivity index (χ4v) is 7.61. The molecule has 6 heteroatoms. The first kappa shape index (κ1) is 30.1. The van der Waals surface area contributed by atoms with E-state index in [4.69, 9.17) is 29.3 Å². The predicted octanol–water partition coefficient (Wildman–Crippen LogP) is 11.2. The SMILES string of the molecule is CC1(C)c2ccccc2-c2c(-c3ccccc3)nc(-c3cccc4c3oc3cccc(-c5nc(-c6ccccc6)nc(-c6ccccc6)n5)c34)nc21. The van der Waals surface area contributed by atoms with Gasteiger partial charge in [0.05, 0.1) is 17.0 Å². The summed E-state index contributed by atoms with van der Waals surface area (Å²) in [7, 11) is 0. The van der Waals surface area contributed by atoms with Crippen molar-refractivity contribution >= 4 is 21.9 Å².